The van der Waals surface area contributed by atoms with Gasteiger partial charge in [-0.3, -0.25) is 4.79 Å². The van der Waals surface area contributed by atoms with Gasteiger partial charge in [-0.15, -0.1) is 0 Å². The molecule has 2 heterocycles. The Balaban J connectivity index is 2.44. The van der Waals surface area contributed by atoms with Crippen LogP contribution in [-0.4, -0.2) is 29.9 Å². The van der Waals surface area contributed by atoms with Crippen LogP contribution in [0.1, 0.15) is 43.6 Å². The van der Waals surface area contributed by atoms with Gasteiger partial charge < -0.3 is 4.98 Å². The Kier molecular flexibility index (Phi) is 3.64. The highest BCUT2D eigenvalue weighted by molar-refractivity contribution is 9.10. The number of aromatic nitrogens is 2. The second-order valence-electron chi connectivity index (χ2n) is 4.91. The third kappa shape index (κ3) is 2.66. The van der Waals surface area contributed by atoms with E-state index >= 15 is 0 Å². The smallest absolute Gasteiger partial charge is 0.265 e. The van der Waals surface area contributed by atoms with Crippen molar-refractivity contribution in [1.29, 1.82) is 0 Å². The number of sulfone groups is 1. The Morgan fingerprint density at radius 1 is 1.44 bits per heavy atom. The van der Waals surface area contributed by atoms with Crippen molar-refractivity contribution >= 4 is 25.8 Å². The first-order chi connectivity index (χ1) is 8.30. The number of aromatic amines is 1. The summed E-state index contributed by atoms with van der Waals surface area (Å²) in [4.78, 5) is 18.9. The van der Waals surface area contributed by atoms with E-state index in [9.17, 15) is 13.2 Å². The summed E-state index contributed by atoms with van der Waals surface area (Å²) in [6, 6.07) is 0. The molecular weight excluding hydrogens is 320 g/mol. The highest BCUT2D eigenvalue weighted by Crippen LogP contribution is 2.28. The molecule has 0 bridgehead atoms. The van der Waals surface area contributed by atoms with E-state index in [1.165, 1.54) is 0 Å². The van der Waals surface area contributed by atoms with Gasteiger partial charge in [-0.25, -0.2) is 13.4 Å². The fraction of sp³-hybridized carbons (Fsp3) is 0.636. The molecule has 18 heavy (non-hydrogen) atoms. The Morgan fingerprint density at radius 2 is 2.11 bits per heavy atom. The lowest BCUT2D eigenvalue weighted by Crippen LogP contribution is -2.19. The van der Waals surface area contributed by atoms with E-state index in [1.807, 2.05) is 13.8 Å². The summed E-state index contributed by atoms with van der Waals surface area (Å²) in [7, 11) is -2.97. The van der Waals surface area contributed by atoms with Crippen LogP contribution in [0.2, 0.25) is 0 Å². The zero-order valence-electron chi connectivity index (χ0n) is 10.2. The van der Waals surface area contributed by atoms with Crippen LogP contribution < -0.4 is 5.56 Å². The van der Waals surface area contributed by atoms with E-state index in [4.69, 9.17) is 0 Å². The molecule has 7 heteroatoms. The van der Waals surface area contributed by atoms with Crippen LogP contribution in [0, 0.1) is 0 Å². The summed E-state index contributed by atoms with van der Waals surface area (Å²) >= 11 is 3.22. The summed E-state index contributed by atoms with van der Waals surface area (Å²) in [5.41, 5.74) is 0.436. The lowest BCUT2D eigenvalue weighted by atomic mass is 10.1. The zero-order chi connectivity index (χ0) is 13.5. The highest BCUT2D eigenvalue weighted by atomic mass is 79.9. The van der Waals surface area contributed by atoms with Crippen molar-refractivity contribution in [3.05, 3.63) is 26.3 Å². The Hall–Kier alpha value is -0.690. The molecule has 0 saturated carbocycles. The lowest BCUT2D eigenvalue weighted by Gasteiger charge is -2.12. The summed E-state index contributed by atoms with van der Waals surface area (Å²) in [5.74, 6) is 0.670. The van der Waals surface area contributed by atoms with Crippen LogP contribution in [0.3, 0.4) is 0 Å². The van der Waals surface area contributed by atoms with Gasteiger partial charge >= 0.3 is 0 Å². The van der Waals surface area contributed by atoms with E-state index in [0.717, 1.165) is 0 Å². The van der Waals surface area contributed by atoms with Gasteiger partial charge in [0.1, 0.15) is 10.3 Å². The molecule has 0 spiro atoms. The van der Waals surface area contributed by atoms with E-state index in [1.54, 1.807) is 0 Å². The van der Waals surface area contributed by atoms with Crippen LogP contribution in [0.5, 0.6) is 0 Å². The van der Waals surface area contributed by atoms with Crippen LogP contribution in [0.4, 0.5) is 0 Å². The number of H-pyrrole nitrogens is 1. The first-order valence-electron chi connectivity index (χ1n) is 5.80. The van der Waals surface area contributed by atoms with Gasteiger partial charge in [0.25, 0.3) is 5.56 Å². The fourth-order valence-corrected chi connectivity index (χ4v) is 4.47. The fourth-order valence-electron chi connectivity index (χ4n) is 2.08. The molecule has 100 valence electrons. The second-order valence-corrected chi connectivity index (χ2v) is 7.93. The molecule has 0 aliphatic carbocycles. The monoisotopic (exact) mass is 334 g/mol. The summed E-state index contributed by atoms with van der Waals surface area (Å²) in [5, 5.41) is 0. The first-order valence-corrected chi connectivity index (χ1v) is 8.41. The van der Waals surface area contributed by atoms with Gasteiger partial charge in [-0.05, 0) is 28.3 Å². The Morgan fingerprint density at radius 3 is 2.61 bits per heavy atom. The summed E-state index contributed by atoms with van der Waals surface area (Å²) in [6.07, 6.45) is 0.532. The van der Waals surface area contributed by atoms with Crippen LogP contribution in [0.15, 0.2) is 9.27 Å². The van der Waals surface area contributed by atoms with Crippen molar-refractivity contribution in [3.8, 4) is 0 Å². The normalized spacial score (nSPS) is 22.6. The van der Waals surface area contributed by atoms with Crippen LogP contribution >= 0.6 is 15.9 Å². The number of halogens is 1. The average molecular weight is 335 g/mol. The largest absolute Gasteiger partial charge is 0.309 e. The van der Waals surface area contributed by atoms with Crippen LogP contribution in [-0.2, 0) is 9.84 Å². The minimum atomic E-state index is -2.97. The van der Waals surface area contributed by atoms with Crippen molar-refractivity contribution in [2.75, 3.05) is 11.5 Å². The van der Waals surface area contributed by atoms with Crippen molar-refractivity contribution in [2.45, 2.75) is 32.1 Å². The number of nitrogens with one attached hydrogen (secondary N) is 1. The van der Waals surface area contributed by atoms with Crippen molar-refractivity contribution < 1.29 is 8.42 Å². The van der Waals surface area contributed by atoms with Crippen LogP contribution in [0.25, 0.3) is 0 Å². The molecule has 1 aromatic heterocycles. The second kappa shape index (κ2) is 4.77. The minimum Gasteiger partial charge on any atom is -0.309 e. The Labute approximate surface area is 114 Å². The van der Waals surface area contributed by atoms with Crippen molar-refractivity contribution in [2.24, 2.45) is 0 Å². The predicted molar refractivity (Wildman–Crippen MR) is 72.7 cm³/mol. The third-order valence-electron chi connectivity index (χ3n) is 3.07. The molecule has 1 fully saturated rings. The molecule has 1 atom stereocenters. The van der Waals surface area contributed by atoms with Crippen molar-refractivity contribution in [1.82, 2.24) is 9.97 Å². The van der Waals surface area contributed by atoms with Gasteiger partial charge in [0.15, 0.2) is 9.84 Å². The number of hydrogen-bond acceptors (Lipinski definition) is 4. The van der Waals surface area contributed by atoms with Gasteiger partial charge in [-0.1, -0.05) is 13.8 Å². The van der Waals surface area contributed by atoms with Gasteiger partial charge in [0.2, 0.25) is 0 Å². The summed E-state index contributed by atoms with van der Waals surface area (Å²) in [6.45, 7) is 3.89. The summed E-state index contributed by atoms with van der Waals surface area (Å²) < 4.78 is 23.3. The predicted octanol–water partition coefficient (Wildman–Crippen LogP) is 1.56. The molecule has 2 rings (SSSR count). The van der Waals surface area contributed by atoms with E-state index < -0.39 is 9.84 Å². The van der Waals surface area contributed by atoms with Gasteiger partial charge in [0.05, 0.1) is 17.2 Å². The van der Waals surface area contributed by atoms with Gasteiger partial charge in [0, 0.05) is 5.92 Å². The number of hydrogen-bond donors (Lipinski definition) is 1. The average Bonchev–Trinajstić information content (AvgIpc) is 2.62. The maximum atomic E-state index is 11.8. The lowest BCUT2D eigenvalue weighted by molar-refractivity contribution is 0.600. The van der Waals surface area contributed by atoms with Gasteiger partial charge in [-0.2, -0.15) is 0 Å². The Bertz CT molecular complexity index is 622. The van der Waals surface area contributed by atoms with E-state index in [0.29, 0.717) is 22.4 Å². The number of rotatable bonds is 2. The topological polar surface area (TPSA) is 79.9 Å². The minimum absolute atomic E-state index is 0.0785. The molecule has 1 aliphatic heterocycles. The maximum Gasteiger partial charge on any atom is 0.265 e. The highest BCUT2D eigenvalue weighted by Gasteiger charge is 2.31. The molecule has 1 unspecified atom stereocenters. The molecule has 0 amide bonds. The molecule has 1 aliphatic rings. The molecule has 5 nitrogen and oxygen atoms in total. The van der Waals surface area contributed by atoms with E-state index in [-0.39, 0.29) is 28.9 Å². The SMILES string of the molecule is CC(C)c1nc(C2CCS(=O)(=O)C2)[nH]c(=O)c1Br. The molecular formula is C11H15BrN2O3S. The standard InChI is InChI=1S/C11H15BrN2O3S/c1-6(2)9-8(12)11(15)14-10(13-9)7-3-4-18(16,17)5-7/h6-7H,3-5H2,1-2H3,(H,13,14,15). The molecule has 1 aromatic rings. The first kappa shape index (κ1) is 13.7. The third-order valence-corrected chi connectivity index (χ3v) is 5.61. The molecule has 0 aromatic carbocycles. The zero-order valence-corrected chi connectivity index (χ0v) is 12.6. The van der Waals surface area contributed by atoms with Crippen molar-refractivity contribution in [3.63, 3.8) is 0 Å². The quantitative estimate of drug-likeness (QED) is 0.889. The molecule has 1 saturated heterocycles. The van der Waals surface area contributed by atoms with E-state index in [2.05, 4.69) is 25.9 Å². The molecule has 0 radical (unpaired) electrons. The maximum absolute atomic E-state index is 11.8. The number of nitrogens with zero attached hydrogens (tertiary/aromatic N) is 1. The molecule has 1 N–H and O–H groups in total.